The number of hydrogen-bond donors (Lipinski definition) is 0. The molecule has 0 aromatic carbocycles. The zero-order chi connectivity index (χ0) is 12.5. The van der Waals surface area contributed by atoms with E-state index >= 15 is 0 Å². The van der Waals surface area contributed by atoms with Gasteiger partial charge in [-0.3, -0.25) is 4.98 Å². The molecule has 1 unspecified atom stereocenters. The minimum atomic E-state index is -3.43. The van der Waals surface area contributed by atoms with E-state index in [1.807, 2.05) is 6.92 Å². The first-order valence-corrected chi connectivity index (χ1v) is 6.98. The minimum Gasteiger partial charge on any atom is -0.376 e. The van der Waals surface area contributed by atoms with E-state index in [0.29, 0.717) is 19.7 Å². The summed E-state index contributed by atoms with van der Waals surface area (Å²) < 4.78 is 31.6. The van der Waals surface area contributed by atoms with Crippen molar-refractivity contribution in [1.29, 1.82) is 0 Å². The van der Waals surface area contributed by atoms with Crippen molar-refractivity contribution in [3.63, 3.8) is 0 Å². The molecule has 0 spiro atoms. The molecule has 2 rings (SSSR count). The van der Waals surface area contributed by atoms with E-state index in [2.05, 4.69) is 4.98 Å². The standard InChI is InChI=1S/C11H16N2O3S/c1-9-3-4-12-7-11(9)17(14,15)13-5-6-16-10(2)8-13/h3-4,7,10H,5-6,8H2,1-2H3. The molecule has 1 aromatic rings. The molecule has 6 heteroatoms. The molecule has 1 fully saturated rings. The molecule has 1 aliphatic rings. The van der Waals surface area contributed by atoms with Gasteiger partial charge in [0.2, 0.25) is 10.0 Å². The second kappa shape index (κ2) is 4.72. The largest absolute Gasteiger partial charge is 0.376 e. The van der Waals surface area contributed by atoms with Gasteiger partial charge in [0, 0.05) is 25.5 Å². The van der Waals surface area contributed by atoms with Gasteiger partial charge in [-0.25, -0.2) is 8.42 Å². The number of ether oxygens (including phenoxy) is 1. The first-order chi connectivity index (χ1) is 8.01. The Morgan fingerprint density at radius 1 is 1.53 bits per heavy atom. The SMILES string of the molecule is Cc1ccncc1S(=O)(=O)N1CCOC(C)C1. The van der Waals surface area contributed by atoms with Crippen LogP contribution in [0.15, 0.2) is 23.4 Å². The van der Waals surface area contributed by atoms with Gasteiger partial charge in [-0.1, -0.05) is 0 Å². The summed E-state index contributed by atoms with van der Waals surface area (Å²) in [6.45, 7) is 4.90. The predicted octanol–water partition coefficient (Wildman–Crippen LogP) is 0.799. The summed E-state index contributed by atoms with van der Waals surface area (Å²) in [6, 6.07) is 1.71. The summed E-state index contributed by atoms with van der Waals surface area (Å²) in [5.41, 5.74) is 0.721. The van der Waals surface area contributed by atoms with Crippen LogP contribution < -0.4 is 0 Å². The third kappa shape index (κ3) is 2.48. The van der Waals surface area contributed by atoms with Gasteiger partial charge in [0.25, 0.3) is 0 Å². The van der Waals surface area contributed by atoms with Gasteiger partial charge in [0.05, 0.1) is 12.7 Å². The number of aryl methyl sites for hydroxylation is 1. The van der Waals surface area contributed by atoms with Crippen molar-refractivity contribution in [2.24, 2.45) is 0 Å². The Bertz CT molecular complexity index is 501. The van der Waals surface area contributed by atoms with Crippen LogP contribution in [0.2, 0.25) is 0 Å². The number of sulfonamides is 1. The molecule has 1 saturated heterocycles. The van der Waals surface area contributed by atoms with Crippen LogP contribution in [0.4, 0.5) is 0 Å². The van der Waals surface area contributed by atoms with E-state index in [4.69, 9.17) is 4.74 Å². The lowest BCUT2D eigenvalue weighted by atomic mass is 10.3. The summed E-state index contributed by atoms with van der Waals surface area (Å²) in [5.74, 6) is 0. The van der Waals surface area contributed by atoms with Gasteiger partial charge in [0.1, 0.15) is 4.90 Å². The van der Waals surface area contributed by atoms with Crippen LogP contribution >= 0.6 is 0 Å². The second-order valence-corrected chi connectivity index (χ2v) is 6.09. The number of nitrogens with zero attached hydrogens (tertiary/aromatic N) is 2. The third-order valence-electron chi connectivity index (χ3n) is 2.81. The highest BCUT2D eigenvalue weighted by atomic mass is 32.2. The van der Waals surface area contributed by atoms with E-state index < -0.39 is 10.0 Å². The molecule has 1 aliphatic heterocycles. The maximum Gasteiger partial charge on any atom is 0.245 e. The predicted molar refractivity (Wildman–Crippen MR) is 63.1 cm³/mol. The molecule has 94 valence electrons. The maximum atomic E-state index is 12.4. The Hall–Kier alpha value is -0.980. The number of pyridine rings is 1. The van der Waals surface area contributed by atoms with Crippen LogP contribution in [0.1, 0.15) is 12.5 Å². The fourth-order valence-electron chi connectivity index (χ4n) is 1.86. The summed E-state index contributed by atoms with van der Waals surface area (Å²) in [4.78, 5) is 4.17. The average Bonchev–Trinajstić information content (AvgIpc) is 2.29. The molecular weight excluding hydrogens is 240 g/mol. The first-order valence-electron chi connectivity index (χ1n) is 5.54. The monoisotopic (exact) mass is 256 g/mol. The van der Waals surface area contributed by atoms with Crippen LogP contribution in [0.5, 0.6) is 0 Å². The van der Waals surface area contributed by atoms with Gasteiger partial charge in [-0.05, 0) is 25.5 Å². The Morgan fingerprint density at radius 3 is 2.94 bits per heavy atom. The molecule has 5 nitrogen and oxygen atoms in total. The van der Waals surface area contributed by atoms with Crippen molar-refractivity contribution in [3.05, 3.63) is 24.0 Å². The molecule has 0 N–H and O–H groups in total. The zero-order valence-corrected chi connectivity index (χ0v) is 10.8. The first kappa shape index (κ1) is 12.5. The lowest BCUT2D eigenvalue weighted by Crippen LogP contribution is -2.44. The summed E-state index contributed by atoms with van der Waals surface area (Å²) in [5, 5.41) is 0. The Morgan fingerprint density at radius 2 is 2.29 bits per heavy atom. The van der Waals surface area contributed by atoms with Crippen molar-refractivity contribution < 1.29 is 13.2 Å². The molecule has 1 atom stereocenters. The quantitative estimate of drug-likeness (QED) is 0.785. The van der Waals surface area contributed by atoms with E-state index in [0.717, 1.165) is 5.56 Å². The Balaban J connectivity index is 2.33. The van der Waals surface area contributed by atoms with Gasteiger partial charge >= 0.3 is 0 Å². The summed E-state index contributed by atoms with van der Waals surface area (Å²) in [7, 11) is -3.43. The molecule has 0 amide bonds. The molecule has 1 aromatic heterocycles. The zero-order valence-electron chi connectivity index (χ0n) is 9.96. The van der Waals surface area contributed by atoms with Gasteiger partial charge < -0.3 is 4.74 Å². The fourth-order valence-corrected chi connectivity index (χ4v) is 3.53. The van der Waals surface area contributed by atoms with Gasteiger partial charge in [0.15, 0.2) is 0 Å². The Labute approximate surface area is 101 Å². The maximum absolute atomic E-state index is 12.4. The molecule has 2 heterocycles. The normalized spacial score (nSPS) is 22.6. The van der Waals surface area contributed by atoms with Crippen molar-refractivity contribution in [2.75, 3.05) is 19.7 Å². The van der Waals surface area contributed by atoms with Crippen molar-refractivity contribution >= 4 is 10.0 Å². The minimum absolute atomic E-state index is 0.0597. The molecule has 0 saturated carbocycles. The molecule has 0 bridgehead atoms. The number of aromatic nitrogens is 1. The highest BCUT2D eigenvalue weighted by Crippen LogP contribution is 2.20. The van der Waals surface area contributed by atoms with E-state index in [-0.39, 0.29) is 11.0 Å². The van der Waals surface area contributed by atoms with Crippen LogP contribution in [-0.2, 0) is 14.8 Å². The highest BCUT2D eigenvalue weighted by Gasteiger charge is 2.30. The molecular formula is C11H16N2O3S. The lowest BCUT2D eigenvalue weighted by Gasteiger charge is -2.30. The van der Waals surface area contributed by atoms with Crippen LogP contribution in [0, 0.1) is 6.92 Å². The molecule has 0 radical (unpaired) electrons. The number of morpholine rings is 1. The summed E-state index contributed by atoms with van der Waals surface area (Å²) >= 11 is 0. The van der Waals surface area contributed by atoms with Gasteiger partial charge in [-0.15, -0.1) is 0 Å². The number of hydrogen-bond acceptors (Lipinski definition) is 4. The highest BCUT2D eigenvalue weighted by molar-refractivity contribution is 7.89. The molecule has 17 heavy (non-hydrogen) atoms. The lowest BCUT2D eigenvalue weighted by molar-refractivity contribution is 0.0101. The topological polar surface area (TPSA) is 59.5 Å². The van der Waals surface area contributed by atoms with E-state index in [1.54, 1.807) is 19.2 Å². The third-order valence-corrected chi connectivity index (χ3v) is 4.81. The molecule has 0 aliphatic carbocycles. The van der Waals surface area contributed by atoms with Crippen LogP contribution in [0.3, 0.4) is 0 Å². The average molecular weight is 256 g/mol. The van der Waals surface area contributed by atoms with Crippen molar-refractivity contribution in [3.8, 4) is 0 Å². The Kier molecular flexibility index (Phi) is 3.46. The smallest absolute Gasteiger partial charge is 0.245 e. The summed E-state index contributed by atoms with van der Waals surface area (Å²) in [6.07, 6.45) is 2.94. The van der Waals surface area contributed by atoms with E-state index in [1.165, 1.54) is 10.5 Å². The second-order valence-electron chi connectivity index (χ2n) is 4.19. The van der Waals surface area contributed by atoms with Gasteiger partial charge in [-0.2, -0.15) is 4.31 Å². The van der Waals surface area contributed by atoms with Crippen LogP contribution in [-0.4, -0.2) is 43.5 Å². The van der Waals surface area contributed by atoms with Crippen LogP contribution in [0.25, 0.3) is 0 Å². The fraction of sp³-hybridized carbons (Fsp3) is 0.545. The van der Waals surface area contributed by atoms with Crippen molar-refractivity contribution in [1.82, 2.24) is 9.29 Å². The van der Waals surface area contributed by atoms with E-state index in [9.17, 15) is 8.42 Å². The number of rotatable bonds is 2. The van der Waals surface area contributed by atoms with Crippen molar-refractivity contribution in [2.45, 2.75) is 24.8 Å².